The van der Waals surface area contributed by atoms with Crippen molar-refractivity contribution in [3.8, 4) is 5.75 Å². The zero-order chi connectivity index (χ0) is 29.7. The monoisotopic (exact) mass is 551 g/mol. The number of primary amides is 1. The first-order valence-corrected chi connectivity index (χ1v) is 12.4. The molecule has 0 spiro atoms. The van der Waals surface area contributed by atoms with Gasteiger partial charge in [0.05, 0.1) is 6.04 Å². The molecule has 1 aromatic carbocycles. The predicted octanol–water partition coefficient (Wildman–Crippen LogP) is -1.02. The zero-order valence-electron chi connectivity index (χ0n) is 21.9. The van der Waals surface area contributed by atoms with Gasteiger partial charge < -0.3 is 42.7 Å². The van der Waals surface area contributed by atoms with Crippen LogP contribution in [0.3, 0.4) is 0 Å². The van der Waals surface area contributed by atoms with E-state index in [2.05, 4.69) is 16.0 Å². The molecular formula is C25H37N5O9. The third-order valence-corrected chi connectivity index (χ3v) is 5.65. The number of carboxylic acids is 2. The number of carbonyl (C=O) groups is 6. The van der Waals surface area contributed by atoms with Crippen LogP contribution in [0, 0.1) is 5.92 Å². The highest BCUT2D eigenvalue weighted by molar-refractivity contribution is 5.94. The molecule has 1 rings (SSSR count). The highest BCUT2D eigenvalue weighted by Crippen LogP contribution is 2.13. The molecule has 0 radical (unpaired) electrons. The van der Waals surface area contributed by atoms with Gasteiger partial charge in [-0.15, -0.1) is 0 Å². The molecule has 0 aliphatic rings. The quantitative estimate of drug-likeness (QED) is 0.117. The van der Waals surface area contributed by atoms with Crippen LogP contribution < -0.4 is 27.4 Å². The zero-order valence-corrected chi connectivity index (χ0v) is 21.9. The lowest BCUT2D eigenvalue weighted by Crippen LogP contribution is -2.57. The van der Waals surface area contributed by atoms with E-state index in [1.54, 1.807) is 0 Å². The van der Waals surface area contributed by atoms with Crippen LogP contribution in [0.5, 0.6) is 5.75 Å². The van der Waals surface area contributed by atoms with Gasteiger partial charge in [0.2, 0.25) is 23.6 Å². The first-order valence-electron chi connectivity index (χ1n) is 12.4. The molecule has 0 fully saturated rings. The second-order valence-corrected chi connectivity index (χ2v) is 9.57. The molecule has 14 nitrogen and oxygen atoms in total. The third kappa shape index (κ3) is 12.7. The van der Waals surface area contributed by atoms with Crippen molar-refractivity contribution in [3.63, 3.8) is 0 Å². The number of phenols is 1. The Kier molecular flexibility index (Phi) is 13.4. The topological polar surface area (TPSA) is 251 Å². The van der Waals surface area contributed by atoms with Crippen molar-refractivity contribution in [2.24, 2.45) is 17.4 Å². The lowest BCUT2D eigenvalue weighted by molar-refractivity contribution is -0.143. The van der Waals surface area contributed by atoms with E-state index >= 15 is 0 Å². The summed E-state index contributed by atoms with van der Waals surface area (Å²) in [6, 6.07) is 0.665. The Hall–Kier alpha value is -4.20. The molecule has 14 heteroatoms. The van der Waals surface area contributed by atoms with E-state index in [-0.39, 0.29) is 37.4 Å². The fourth-order valence-corrected chi connectivity index (χ4v) is 3.60. The van der Waals surface area contributed by atoms with Gasteiger partial charge in [-0.3, -0.25) is 24.0 Å². The van der Waals surface area contributed by atoms with Crippen LogP contribution in [-0.2, 0) is 35.2 Å². The fourth-order valence-electron chi connectivity index (χ4n) is 3.60. The van der Waals surface area contributed by atoms with E-state index in [0.717, 1.165) is 0 Å². The van der Waals surface area contributed by atoms with Crippen molar-refractivity contribution < 1.29 is 44.1 Å². The molecule has 216 valence electrons. The molecule has 0 saturated heterocycles. The Labute approximate surface area is 225 Å². The maximum atomic E-state index is 13.3. The van der Waals surface area contributed by atoms with E-state index in [0.29, 0.717) is 12.0 Å². The molecule has 1 aromatic rings. The molecule has 39 heavy (non-hydrogen) atoms. The van der Waals surface area contributed by atoms with Crippen LogP contribution in [0.15, 0.2) is 24.3 Å². The molecule has 10 N–H and O–H groups in total. The summed E-state index contributed by atoms with van der Waals surface area (Å²) >= 11 is 0. The highest BCUT2D eigenvalue weighted by atomic mass is 16.4. The standard InChI is InChI=1S/C25H37N5O9/c1-13(2)11-16(26)22(35)30-19(12-14-3-5-15(31)6-4-14)24(37)28-17(8-10-21(33)34)23(36)29-18(25(38)39)7-9-20(27)32/h3-6,13,16-19,31H,7-12,26H2,1-2H3,(H2,27,32)(H,28,37)(H,29,36)(H,30,35)(H,33,34)(H,38,39). The highest BCUT2D eigenvalue weighted by Gasteiger charge is 2.31. The van der Waals surface area contributed by atoms with Crippen molar-refractivity contribution >= 4 is 35.6 Å². The molecule has 4 unspecified atom stereocenters. The summed E-state index contributed by atoms with van der Waals surface area (Å²) in [6.45, 7) is 3.74. The maximum Gasteiger partial charge on any atom is 0.326 e. The molecule has 0 heterocycles. The number of phenolic OH excluding ortho intramolecular Hbond substituents is 1. The fraction of sp³-hybridized carbons (Fsp3) is 0.520. The lowest BCUT2D eigenvalue weighted by atomic mass is 10.0. The normalized spacial score (nSPS) is 13.9. The minimum Gasteiger partial charge on any atom is -0.508 e. The second kappa shape index (κ2) is 15.9. The van der Waals surface area contributed by atoms with E-state index in [1.165, 1.54) is 24.3 Å². The number of amides is 4. The number of hydrogen-bond donors (Lipinski definition) is 8. The average Bonchev–Trinajstić information content (AvgIpc) is 2.83. The van der Waals surface area contributed by atoms with Gasteiger partial charge in [-0.2, -0.15) is 0 Å². The molecule has 0 aliphatic carbocycles. The van der Waals surface area contributed by atoms with Gasteiger partial charge in [0.15, 0.2) is 0 Å². The van der Waals surface area contributed by atoms with Crippen LogP contribution >= 0.6 is 0 Å². The number of benzene rings is 1. The SMILES string of the molecule is CC(C)CC(N)C(=O)NC(Cc1ccc(O)cc1)C(=O)NC(CCC(=O)O)C(=O)NC(CCC(N)=O)C(=O)O. The first kappa shape index (κ1) is 32.8. The number of nitrogens with two attached hydrogens (primary N) is 2. The summed E-state index contributed by atoms with van der Waals surface area (Å²) in [5.74, 6) is -5.88. The predicted molar refractivity (Wildman–Crippen MR) is 138 cm³/mol. The van der Waals surface area contributed by atoms with Crippen molar-refractivity contribution in [3.05, 3.63) is 29.8 Å². The smallest absolute Gasteiger partial charge is 0.326 e. The Balaban J connectivity index is 3.16. The van der Waals surface area contributed by atoms with Gasteiger partial charge >= 0.3 is 11.9 Å². The van der Waals surface area contributed by atoms with E-state index in [9.17, 15) is 39.0 Å². The number of aromatic hydroxyl groups is 1. The van der Waals surface area contributed by atoms with Crippen LogP contribution in [0.2, 0.25) is 0 Å². The van der Waals surface area contributed by atoms with E-state index < -0.39 is 66.2 Å². The number of nitrogens with one attached hydrogen (secondary N) is 3. The lowest BCUT2D eigenvalue weighted by Gasteiger charge is -2.25. The minimum absolute atomic E-state index is 0.0162. The molecule has 4 amide bonds. The van der Waals surface area contributed by atoms with Gasteiger partial charge in [0, 0.05) is 19.3 Å². The molecule has 0 saturated carbocycles. The summed E-state index contributed by atoms with van der Waals surface area (Å²) in [6.07, 6.45) is -1.29. The van der Waals surface area contributed by atoms with Gasteiger partial charge in [-0.25, -0.2) is 4.79 Å². The van der Waals surface area contributed by atoms with Gasteiger partial charge in [0.25, 0.3) is 0 Å². The van der Waals surface area contributed by atoms with Crippen LogP contribution in [0.25, 0.3) is 0 Å². The largest absolute Gasteiger partial charge is 0.508 e. The number of hydrogen-bond acceptors (Lipinski definition) is 8. The minimum atomic E-state index is -1.52. The first-order chi connectivity index (χ1) is 18.2. The Morgan fingerprint density at radius 1 is 0.795 bits per heavy atom. The summed E-state index contributed by atoms with van der Waals surface area (Å²) in [5.41, 5.74) is 11.5. The van der Waals surface area contributed by atoms with E-state index in [1.807, 2.05) is 13.8 Å². The summed E-state index contributed by atoms with van der Waals surface area (Å²) in [7, 11) is 0. The third-order valence-electron chi connectivity index (χ3n) is 5.65. The summed E-state index contributed by atoms with van der Waals surface area (Å²) in [5, 5.41) is 35.1. The van der Waals surface area contributed by atoms with Gasteiger partial charge in [-0.05, 0) is 42.9 Å². The van der Waals surface area contributed by atoms with Crippen molar-refractivity contribution in [2.45, 2.75) is 76.5 Å². The van der Waals surface area contributed by atoms with Gasteiger partial charge in [0.1, 0.15) is 23.9 Å². The number of aliphatic carboxylic acids is 2. The number of carboxylic acid groups (broad SMARTS) is 2. The Bertz CT molecular complexity index is 1030. The van der Waals surface area contributed by atoms with E-state index in [4.69, 9.17) is 16.6 Å². The molecular weight excluding hydrogens is 514 g/mol. The molecule has 0 bridgehead atoms. The van der Waals surface area contributed by atoms with Crippen molar-refractivity contribution in [2.75, 3.05) is 0 Å². The number of carbonyl (C=O) groups excluding carboxylic acids is 4. The average molecular weight is 552 g/mol. The summed E-state index contributed by atoms with van der Waals surface area (Å²) < 4.78 is 0. The van der Waals surface area contributed by atoms with Gasteiger partial charge in [-0.1, -0.05) is 26.0 Å². The molecule has 0 aliphatic heterocycles. The molecule has 0 aromatic heterocycles. The second-order valence-electron chi connectivity index (χ2n) is 9.57. The van der Waals surface area contributed by atoms with Crippen LogP contribution in [0.4, 0.5) is 0 Å². The van der Waals surface area contributed by atoms with Crippen molar-refractivity contribution in [1.82, 2.24) is 16.0 Å². The molecule has 4 atom stereocenters. The Morgan fingerprint density at radius 2 is 1.31 bits per heavy atom. The Morgan fingerprint density at radius 3 is 1.82 bits per heavy atom. The summed E-state index contributed by atoms with van der Waals surface area (Å²) in [4.78, 5) is 72.6. The van der Waals surface area contributed by atoms with Crippen LogP contribution in [0.1, 0.15) is 51.5 Å². The van der Waals surface area contributed by atoms with Crippen molar-refractivity contribution in [1.29, 1.82) is 0 Å². The van der Waals surface area contributed by atoms with Crippen LogP contribution in [-0.4, -0.2) is 75.1 Å². The number of rotatable bonds is 17. The maximum absolute atomic E-state index is 13.3.